The quantitative estimate of drug-likeness (QED) is 0.141. The zero-order valence-electron chi connectivity index (χ0n) is 70.6. The highest BCUT2D eigenvalue weighted by Crippen LogP contribution is 2.20. The Morgan fingerprint density at radius 2 is 0.423 bits per heavy atom. The molecule has 0 bridgehead atoms. The normalized spacial score (nSPS) is 9.06. The Hall–Kier alpha value is -10.0. The first-order valence-corrected chi connectivity index (χ1v) is 37.9. The molecule has 0 radical (unpaired) electrons. The van der Waals surface area contributed by atoms with Gasteiger partial charge in [0, 0.05) is 97.8 Å². The second-order valence-electron chi connectivity index (χ2n) is 20.7. The molecular weight excluding hydrogens is 1280 g/mol. The smallest absolute Gasteiger partial charge is 0.159 e. The predicted molar refractivity (Wildman–Crippen MR) is 459 cm³/mol. The predicted octanol–water partition coefficient (Wildman–Crippen LogP) is 26.6. The van der Waals surface area contributed by atoms with E-state index in [1.807, 2.05) is 291 Å². The number of para-hydroxylation sites is 2. The fraction of sp³-hybridized carbons (Fsp3) is 0.374. The number of rotatable bonds is 0. The van der Waals surface area contributed by atoms with Crippen molar-refractivity contribution in [3.8, 4) is 0 Å². The highest BCUT2D eigenvalue weighted by Gasteiger charge is 2.05. The summed E-state index contributed by atoms with van der Waals surface area (Å²) in [4.78, 5) is 55.9. The van der Waals surface area contributed by atoms with Crippen molar-refractivity contribution in [2.45, 2.75) is 235 Å². The molecule has 13 nitrogen and oxygen atoms in total. The van der Waals surface area contributed by atoms with Gasteiger partial charge in [0.05, 0.1) is 33.1 Å². The van der Waals surface area contributed by atoms with Crippen molar-refractivity contribution in [2.75, 3.05) is 0 Å². The van der Waals surface area contributed by atoms with Crippen molar-refractivity contribution in [2.24, 2.45) is 0 Å². The fourth-order valence-corrected chi connectivity index (χ4v) is 9.84. The number of benzene rings is 2. The summed E-state index contributed by atoms with van der Waals surface area (Å²) in [6, 6.07) is 48.5. The SMILES string of the molecule is CC.CC.CC.CC.CC.CC.CC.CC.CC.CC.Cc1cc(C)c2ccccc2n1.Cc1cc(C)c2cccnc2n1.Cc1cc(C)c2cccnc2n1.Cc1cc(C)c2cccnc2n1.Cc1cc(C)c2ncccc2n1.Cc1cc(C)c2ncccc2n1.Cc1nc(C)c2ccccc2n1. The Kier molecular flexibility index (Phi) is 55.2. The van der Waals surface area contributed by atoms with E-state index in [0.717, 1.165) is 117 Å². The first-order valence-electron chi connectivity index (χ1n) is 37.9. The fourth-order valence-electron chi connectivity index (χ4n) is 9.84. The third-order valence-corrected chi connectivity index (χ3v) is 13.5. The summed E-state index contributed by atoms with van der Waals surface area (Å²) in [5, 5.41) is 5.82. The zero-order chi connectivity index (χ0) is 79.9. The van der Waals surface area contributed by atoms with E-state index in [1.54, 1.807) is 31.0 Å². The van der Waals surface area contributed by atoms with E-state index < -0.39 is 0 Å². The molecule has 0 amide bonds. The van der Waals surface area contributed by atoms with Crippen molar-refractivity contribution in [3.63, 3.8) is 0 Å². The molecule has 0 aliphatic rings. The Bertz CT molecular complexity index is 3770. The summed E-state index contributed by atoms with van der Waals surface area (Å²) >= 11 is 0. The number of pyridine rings is 11. The maximum atomic E-state index is 4.44. The highest BCUT2D eigenvalue weighted by atomic mass is 14.9. The second kappa shape index (κ2) is 58.5. The lowest BCUT2D eigenvalue weighted by atomic mass is 10.1. The Balaban J connectivity index is -0.00000110. The summed E-state index contributed by atoms with van der Waals surface area (Å²) in [6.07, 6.45) is 8.91. The molecule has 0 spiro atoms. The average molecular weight is 1410 g/mol. The van der Waals surface area contributed by atoms with E-state index in [9.17, 15) is 0 Å². The van der Waals surface area contributed by atoms with E-state index in [4.69, 9.17) is 0 Å². The lowest BCUT2D eigenvalue weighted by Gasteiger charge is -2.01. The molecule has 0 saturated heterocycles. The molecule has 0 atom stereocenters. The van der Waals surface area contributed by atoms with Crippen molar-refractivity contribution >= 4 is 77.0 Å². The number of aromatic nitrogens is 13. The third kappa shape index (κ3) is 33.4. The van der Waals surface area contributed by atoms with Crippen LogP contribution in [0.4, 0.5) is 0 Å². The molecule has 13 heteroatoms. The molecule has 0 aliphatic heterocycles. The van der Waals surface area contributed by atoms with Gasteiger partial charge < -0.3 is 0 Å². The number of hydrogen-bond donors (Lipinski definition) is 0. The molecule has 0 aliphatic carbocycles. The number of aryl methyl sites for hydroxylation is 14. The minimum absolute atomic E-state index is 0.839. The molecule has 0 fully saturated rings. The van der Waals surface area contributed by atoms with Gasteiger partial charge in [0.2, 0.25) is 0 Å². The summed E-state index contributed by atoms with van der Waals surface area (Å²) < 4.78 is 0. The van der Waals surface area contributed by atoms with Crippen LogP contribution in [0, 0.1) is 96.9 Å². The van der Waals surface area contributed by atoms with Gasteiger partial charge in [-0.15, -0.1) is 0 Å². The Morgan fingerprint density at radius 3 is 0.760 bits per heavy atom. The van der Waals surface area contributed by atoms with Crippen LogP contribution >= 0.6 is 0 Å². The van der Waals surface area contributed by atoms with Gasteiger partial charge in [-0.1, -0.05) is 175 Å². The van der Waals surface area contributed by atoms with Crippen LogP contribution in [0.2, 0.25) is 0 Å². The molecule has 560 valence electrons. The van der Waals surface area contributed by atoms with Gasteiger partial charge in [0.25, 0.3) is 0 Å². The molecule has 12 aromatic heterocycles. The Morgan fingerprint density at radius 1 is 0.192 bits per heavy atom. The first-order chi connectivity index (χ1) is 50.4. The number of nitrogens with zero attached hydrogens (tertiary/aromatic N) is 13. The van der Waals surface area contributed by atoms with Crippen molar-refractivity contribution < 1.29 is 0 Å². The van der Waals surface area contributed by atoms with Crippen LogP contribution in [0.15, 0.2) is 177 Å². The summed E-state index contributed by atoms with van der Waals surface area (Å²) in [6.45, 7) is 68.4. The van der Waals surface area contributed by atoms with Crippen LogP contribution < -0.4 is 0 Å². The first kappa shape index (κ1) is 98.2. The maximum absolute atomic E-state index is 4.44. The molecule has 104 heavy (non-hydrogen) atoms. The van der Waals surface area contributed by atoms with Gasteiger partial charge in [0.15, 0.2) is 16.9 Å². The molecule has 0 saturated carbocycles. The minimum atomic E-state index is 0.839. The summed E-state index contributed by atoms with van der Waals surface area (Å²) in [7, 11) is 0. The standard InChI is InChI=1S/C11H11N.6C10H10N2.10C2H6/c1-8-7-9(2)12-11-6-4-3-5-10(8)11;2*1-7-6-8(2)12-9-4-3-5-11-10(7)9;3*1-7-6-8(2)12-10-9(7)4-3-5-11-10;1-7-9-5-3-4-6-10(9)12-8(2)11-7;10*1-2/h3-7H,1-2H3;6*3-6H,1-2H3;10*1-2H3. The Labute approximate surface area is 629 Å². The van der Waals surface area contributed by atoms with Gasteiger partial charge in [-0.3, -0.25) is 24.9 Å². The van der Waals surface area contributed by atoms with Gasteiger partial charge in [-0.25, -0.2) is 39.9 Å². The van der Waals surface area contributed by atoms with E-state index >= 15 is 0 Å². The van der Waals surface area contributed by atoms with Crippen molar-refractivity contribution in [1.29, 1.82) is 0 Å². The largest absolute Gasteiger partial charge is 0.254 e. The van der Waals surface area contributed by atoms with Crippen LogP contribution in [0.5, 0.6) is 0 Å². The van der Waals surface area contributed by atoms with Crippen molar-refractivity contribution in [1.82, 2.24) is 64.8 Å². The van der Waals surface area contributed by atoms with Crippen LogP contribution in [-0.2, 0) is 0 Å². The van der Waals surface area contributed by atoms with Gasteiger partial charge >= 0.3 is 0 Å². The average Bonchev–Trinajstić information content (AvgIpc) is 0.896. The lowest BCUT2D eigenvalue weighted by molar-refractivity contribution is 1.05. The van der Waals surface area contributed by atoms with Crippen molar-refractivity contribution in [3.05, 3.63) is 256 Å². The monoisotopic (exact) mass is 1410 g/mol. The maximum Gasteiger partial charge on any atom is 0.159 e. The van der Waals surface area contributed by atoms with E-state index in [1.165, 1.54) is 38.8 Å². The molecular formula is C91H131N13. The minimum Gasteiger partial charge on any atom is -0.254 e. The van der Waals surface area contributed by atoms with E-state index in [2.05, 4.69) is 155 Å². The molecule has 12 heterocycles. The number of fused-ring (bicyclic) bond motifs is 7. The van der Waals surface area contributed by atoms with E-state index in [-0.39, 0.29) is 0 Å². The zero-order valence-corrected chi connectivity index (χ0v) is 70.6. The van der Waals surface area contributed by atoms with Gasteiger partial charge in [-0.2, -0.15) is 0 Å². The molecule has 14 rings (SSSR count). The van der Waals surface area contributed by atoms with Gasteiger partial charge in [0.1, 0.15) is 5.82 Å². The molecule has 0 N–H and O–H groups in total. The van der Waals surface area contributed by atoms with E-state index in [0.29, 0.717) is 0 Å². The topological polar surface area (TPSA) is 168 Å². The lowest BCUT2D eigenvalue weighted by Crippen LogP contribution is -1.92. The van der Waals surface area contributed by atoms with Crippen LogP contribution in [0.3, 0.4) is 0 Å². The molecule has 2 aromatic carbocycles. The van der Waals surface area contributed by atoms with Crippen LogP contribution in [-0.4, -0.2) is 64.8 Å². The number of hydrogen-bond acceptors (Lipinski definition) is 13. The van der Waals surface area contributed by atoms with Gasteiger partial charge in [-0.05, 0) is 240 Å². The second-order valence-corrected chi connectivity index (χ2v) is 20.7. The molecule has 14 aromatic rings. The summed E-state index contributed by atoms with van der Waals surface area (Å²) in [5.41, 5.74) is 23.4. The van der Waals surface area contributed by atoms with Crippen LogP contribution in [0.1, 0.15) is 218 Å². The molecule has 0 unspecified atom stereocenters. The third-order valence-electron chi connectivity index (χ3n) is 13.5. The summed E-state index contributed by atoms with van der Waals surface area (Å²) in [5.74, 6) is 0.839. The van der Waals surface area contributed by atoms with Crippen LogP contribution in [0.25, 0.3) is 77.0 Å². The highest BCUT2D eigenvalue weighted by molar-refractivity contribution is 5.83.